The van der Waals surface area contributed by atoms with Crippen LogP contribution < -0.4 is 10.6 Å². The Morgan fingerprint density at radius 1 is 1.04 bits per heavy atom. The van der Waals surface area contributed by atoms with Gasteiger partial charge in [-0.05, 0) is 36.4 Å². The van der Waals surface area contributed by atoms with Crippen LogP contribution in [0.2, 0.25) is 0 Å². The molecule has 0 aliphatic heterocycles. The number of carbonyl (C=O) groups is 1. The Morgan fingerprint density at radius 2 is 1.70 bits per heavy atom. The predicted molar refractivity (Wildman–Crippen MR) is 102 cm³/mol. The lowest BCUT2D eigenvalue weighted by atomic mass is 10.2. The van der Waals surface area contributed by atoms with Crippen LogP contribution in [0.1, 0.15) is 15.9 Å². The monoisotopic (exact) mass is 363 g/mol. The molecule has 0 aliphatic carbocycles. The summed E-state index contributed by atoms with van der Waals surface area (Å²) in [6.45, 7) is 0. The van der Waals surface area contributed by atoms with Gasteiger partial charge in [0.15, 0.2) is 0 Å². The third-order valence-corrected chi connectivity index (χ3v) is 3.66. The second-order valence-electron chi connectivity index (χ2n) is 5.49. The van der Waals surface area contributed by atoms with Gasteiger partial charge in [0, 0.05) is 17.6 Å². The average molecular weight is 363 g/mol. The van der Waals surface area contributed by atoms with Crippen LogP contribution in [0.3, 0.4) is 0 Å². The highest BCUT2D eigenvalue weighted by Crippen LogP contribution is 2.22. The summed E-state index contributed by atoms with van der Waals surface area (Å²) in [6, 6.07) is 15.6. The molecule has 2 aromatic carbocycles. The van der Waals surface area contributed by atoms with E-state index in [1.807, 2.05) is 30.3 Å². The van der Waals surface area contributed by atoms with E-state index in [-0.39, 0.29) is 11.5 Å². The van der Waals surface area contributed by atoms with Crippen molar-refractivity contribution in [2.45, 2.75) is 0 Å². The largest absolute Gasteiger partial charge is 0.481 e. The van der Waals surface area contributed by atoms with Crippen molar-refractivity contribution < 1.29 is 14.6 Å². The summed E-state index contributed by atoms with van der Waals surface area (Å²) in [5.74, 6) is -0.350. The molecule has 0 saturated heterocycles. The molecule has 0 spiro atoms. The SMILES string of the molecule is COC(=N)c1cnc(Nc2ccc(C(=O)O)cc2)nc1Nc1ccccc1. The molecule has 1 aromatic heterocycles. The summed E-state index contributed by atoms with van der Waals surface area (Å²) >= 11 is 0. The Bertz CT molecular complexity index is 959. The molecule has 8 nitrogen and oxygen atoms in total. The smallest absolute Gasteiger partial charge is 0.335 e. The van der Waals surface area contributed by atoms with Gasteiger partial charge in [-0.25, -0.2) is 9.78 Å². The number of carboxylic acid groups (broad SMARTS) is 1. The second kappa shape index (κ2) is 7.96. The molecule has 0 atom stereocenters. The van der Waals surface area contributed by atoms with Crippen molar-refractivity contribution in [3.63, 3.8) is 0 Å². The van der Waals surface area contributed by atoms with Crippen molar-refractivity contribution in [2.75, 3.05) is 17.7 Å². The zero-order valence-corrected chi connectivity index (χ0v) is 14.4. The van der Waals surface area contributed by atoms with Gasteiger partial charge in [-0.1, -0.05) is 18.2 Å². The minimum absolute atomic E-state index is 0.0641. The summed E-state index contributed by atoms with van der Waals surface area (Å²) in [5.41, 5.74) is 2.04. The molecule has 0 radical (unpaired) electrons. The number of para-hydroxylation sites is 1. The summed E-state index contributed by atoms with van der Waals surface area (Å²) in [4.78, 5) is 19.6. The van der Waals surface area contributed by atoms with Crippen LogP contribution in [0, 0.1) is 5.41 Å². The van der Waals surface area contributed by atoms with Crippen molar-refractivity contribution in [3.8, 4) is 0 Å². The number of anilines is 4. The van der Waals surface area contributed by atoms with Crippen LogP contribution in [0.4, 0.5) is 23.1 Å². The average Bonchev–Trinajstić information content (AvgIpc) is 2.69. The Morgan fingerprint density at radius 3 is 2.33 bits per heavy atom. The Hall–Kier alpha value is -3.94. The third-order valence-electron chi connectivity index (χ3n) is 3.66. The molecule has 3 aromatic rings. The molecule has 0 bridgehead atoms. The number of methoxy groups -OCH3 is 1. The highest BCUT2D eigenvalue weighted by atomic mass is 16.5. The topological polar surface area (TPSA) is 120 Å². The van der Waals surface area contributed by atoms with Gasteiger partial charge in [-0.2, -0.15) is 4.98 Å². The summed E-state index contributed by atoms with van der Waals surface area (Å²) in [6.07, 6.45) is 1.48. The van der Waals surface area contributed by atoms with Crippen LogP contribution in [-0.2, 0) is 4.74 Å². The number of aromatic carboxylic acids is 1. The van der Waals surface area contributed by atoms with Crippen LogP contribution >= 0.6 is 0 Å². The molecular formula is C19H17N5O3. The minimum Gasteiger partial charge on any atom is -0.481 e. The first-order valence-electron chi connectivity index (χ1n) is 7.99. The first kappa shape index (κ1) is 17.9. The van der Waals surface area contributed by atoms with Crippen LogP contribution in [0.25, 0.3) is 0 Å². The van der Waals surface area contributed by atoms with Gasteiger partial charge in [0.1, 0.15) is 5.82 Å². The maximum atomic E-state index is 10.9. The maximum Gasteiger partial charge on any atom is 0.335 e. The van der Waals surface area contributed by atoms with Gasteiger partial charge < -0.3 is 20.5 Å². The van der Waals surface area contributed by atoms with E-state index >= 15 is 0 Å². The van der Waals surface area contributed by atoms with Gasteiger partial charge in [0.05, 0.1) is 18.2 Å². The minimum atomic E-state index is -0.991. The van der Waals surface area contributed by atoms with Gasteiger partial charge >= 0.3 is 5.97 Å². The van der Waals surface area contributed by atoms with E-state index in [1.54, 1.807) is 12.1 Å². The van der Waals surface area contributed by atoms with Crippen LogP contribution in [0.15, 0.2) is 60.8 Å². The lowest BCUT2D eigenvalue weighted by Crippen LogP contribution is -2.10. The van der Waals surface area contributed by atoms with Crippen LogP contribution in [0.5, 0.6) is 0 Å². The first-order chi connectivity index (χ1) is 13.1. The Balaban J connectivity index is 1.88. The molecule has 3 rings (SSSR count). The fourth-order valence-electron chi connectivity index (χ4n) is 2.30. The van der Waals surface area contributed by atoms with Gasteiger partial charge in [-0.15, -0.1) is 0 Å². The van der Waals surface area contributed by atoms with Gasteiger partial charge in [0.25, 0.3) is 0 Å². The molecule has 4 N–H and O–H groups in total. The number of hydrogen-bond acceptors (Lipinski definition) is 7. The maximum absolute atomic E-state index is 10.9. The molecule has 0 fully saturated rings. The van der Waals surface area contributed by atoms with Crippen molar-refractivity contribution >= 4 is 35.0 Å². The number of aromatic nitrogens is 2. The molecule has 136 valence electrons. The van der Waals surface area contributed by atoms with E-state index in [4.69, 9.17) is 15.3 Å². The van der Waals surface area contributed by atoms with Gasteiger partial charge in [0.2, 0.25) is 11.8 Å². The number of ether oxygens (including phenoxy) is 1. The lowest BCUT2D eigenvalue weighted by Gasteiger charge is -2.13. The number of hydrogen-bond donors (Lipinski definition) is 4. The highest BCUT2D eigenvalue weighted by molar-refractivity contribution is 5.97. The molecule has 0 unspecified atom stereocenters. The molecule has 0 amide bonds. The number of nitrogens with one attached hydrogen (secondary N) is 3. The number of nitrogens with zero attached hydrogens (tertiary/aromatic N) is 2. The second-order valence-corrected chi connectivity index (χ2v) is 5.49. The molecule has 8 heteroatoms. The van der Waals surface area contributed by atoms with E-state index in [0.717, 1.165) is 5.69 Å². The van der Waals surface area contributed by atoms with Crippen molar-refractivity contribution in [1.29, 1.82) is 5.41 Å². The molecule has 1 heterocycles. The highest BCUT2D eigenvalue weighted by Gasteiger charge is 2.13. The number of benzene rings is 2. The summed E-state index contributed by atoms with van der Waals surface area (Å²) in [5, 5.41) is 23.0. The number of carboxylic acids is 1. The third kappa shape index (κ3) is 4.37. The van der Waals surface area contributed by atoms with E-state index in [2.05, 4.69) is 20.6 Å². The fraction of sp³-hybridized carbons (Fsp3) is 0.0526. The van der Waals surface area contributed by atoms with Crippen molar-refractivity contribution in [2.24, 2.45) is 0 Å². The van der Waals surface area contributed by atoms with E-state index < -0.39 is 5.97 Å². The Labute approximate surface area is 155 Å². The zero-order chi connectivity index (χ0) is 19.2. The predicted octanol–water partition coefficient (Wildman–Crippen LogP) is 3.63. The molecule has 0 aliphatic rings. The standard InChI is InChI=1S/C19H17N5O3/c1-27-16(20)15-11-21-19(23-14-9-7-12(8-10-14)18(25)26)24-17(15)22-13-5-3-2-4-6-13/h2-11,20H,1H3,(H,25,26)(H2,21,22,23,24). The molecule has 0 saturated carbocycles. The van der Waals surface area contributed by atoms with Crippen molar-refractivity contribution in [1.82, 2.24) is 9.97 Å². The van der Waals surface area contributed by atoms with E-state index in [9.17, 15) is 4.79 Å². The normalized spacial score (nSPS) is 10.1. The van der Waals surface area contributed by atoms with Gasteiger partial charge in [-0.3, -0.25) is 5.41 Å². The summed E-state index contributed by atoms with van der Waals surface area (Å²) < 4.78 is 5.00. The van der Waals surface area contributed by atoms with E-state index in [0.29, 0.717) is 23.0 Å². The first-order valence-corrected chi connectivity index (χ1v) is 7.99. The van der Waals surface area contributed by atoms with Crippen LogP contribution in [-0.4, -0.2) is 34.1 Å². The van der Waals surface area contributed by atoms with E-state index in [1.165, 1.54) is 25.4 Å². The molecule has 27 heavy (non-hydrogen) atoms. The fourth-order valence-corrected chi connectivity index (χ4v) is 2.30. The lowest BCUT2D eigenvalue weighted by molar-refractivity contribution is 0.0697. The number of rotatable bonds is 6. The Kier molecular flexibility index (Phi) is 5.27. The van der Waals surface area contributed by atoms with Crippen molar-refractivity contribution in [3.05, 3.63) is 71.9 Å². The zero-order valence-electron chi connectivity index (χ0n) is 14.4. The molecular weight excluding hydrogens is 346 g/mol. The quantitative estimate of drug-likeness (QED) is 0.390. The summed E-state index contributed by atoms with van der Waals surface area (Å²) in [7, 11) is 1.41.